The molecule has 5 heteroatoms. The Morgan fingerprint density at radius 3 is 2.81 bits per heavy atom. The van der Waals surface area contributed by atoms with E-state index in [0.29, 0.717) is 17.0 Å². The van der Waals surface area contributed by atoms with Crippen LogP contribution in [0.25, 0.3) is 6.08 Å². The number of fused-ring (bicyclic) bond motifs is 1. The van der Waals surface area contributed by atoms with Gasteiger partial charge in [0, 0.05) is 24.4 Å². The predicted octanol–water partition coefficient (Wildman–Crippen LogP) is 2.53. The second kappa shape index (κ2) is 4.53. The van der Waals surface area contributed by atoms with E-state index in [9.17, 15) is 9.90 Å². The molecule has 1 aliphatic rings. The van der Waals surface area contributed by atoms with Crippen molar-refractivity contribution >= 4 is 11.9 Å². The molecule has 0 saturated heterocycles. The van der Waals surface area contributed by atoms with E-state index in [-0.39, 0.29) is 17.3 Å². The average molecular weight is 280 g/mol. The van der Waals surface area contributed by atoms with E-state index >= 15 is 0 Å². The summed E-state index contributed by atoms with van der Waals surface area (Å²) in [6.45, 7) is 1.87. The van der Waals surface area contributed by atoms with Crippen LogP contribution in [0.3, 0.4) is 0 Å². The molecule has 0 bridgehead atoms. The first kappa shape index (κ1) is 13.0. The molecule has 0 saturated carbocycles. The fourth-order valence-corrected chi connectivity index (χ4v) is 2.29. The van der Waals surface area contributed by atoms with Crippen molar-refractivity contribution in [3.8, 4) is 17.6 Å². The van der Waals surface area contributed by atoms with Crippen LogP contribution in [0.4, 0.5) is 0 Å². The SMILES string of the molecule is Cc1c(C=C2Oc3cc(O)ccc3C2=O)cc(C#N)n1C. The van der Waals surface area contributed by atoms with E-state index in [4.69, 9.17) is 10.00 Å². The highest BCUT2D eigenvalue weighted by Gasteiger charge is 2.27. The molecule has 5 nitrogen and oxygen atoms in total. The molecule has 1 aromatic heterocycles. The number of aromatic hydroxyl groups is 1. The van der Waals surface area contributed by atoms with Crippen LogP contribution in [0, 0.1) is 18.3 Å². The van der Waals surface area contributed by atoms with Gasteiger partial charge in [-0.1, -0.05) is 0 Å². The van der Waals surface area contributed by atoms with Crippen molar-refractivity contribution in [2.75, 3.05) is 0 Å². The Bertz CT molecular complexity index is 838. The molecule has 0 spiro atoms. The molecule has 0 radical (unpaired) electrons. The van der Waals surface area contributed by atoms with E-state index in [0.717, 1.165) is 11.3 Å². The monoisotopic (exact) mass is 280 g/mol. The number of aromatic nitrogens is 1. The van der Waals surface area contributed by atoms with E-state index in [1.54, 1.807) is 23.8 Å². The quantitative estimate of drug-likeness (QED) is 0.814. The number of Topliss-reactive ketones (excluding diaryl/α,β-unsaturated/α-hetero) is 1. The van der Waals surface area contributed by atoms with Gasteiger partial charge >= 0.3 is 0 Å². The normalized spacial score (nSPS) is 14.9. The molecule has 3 rings (SSSR count). The Hall–Kier alpha value is -3.00. The smallest absolute Gasteiger partial charge is 0.231 e. The third kappa shape index (κ3) is 1.98. The molecule has 0 unspecified atom stereocenters. The van der Waals surface area contributed by atoms with Crippen molar-refractivity contribution < 1.29 is 14.6 Å². The summed E-state index contributed by atoms with van der Waals surface area (Å²) in [6.07, 6.45) is 1.62. The molecule has 1 aliphatic heterocycles. The fourth-order valence-electron chi connectivity index (χ4n) is 2.29. The number of allylic oxidation sites excluding steroid dienone is 1. The first-order chi connectivity index (χ1) is 10.0. The van der Waals surface area contributed by atoms with Gasteiger partial charge in [0.25, 0.3) is 0 Å². The molecule has 2 heterocycles. The van der Waals surface area contributed by atoms with Crippen LogP contribution in [0.15, 0.2) is 30.0 Å². The van der Waals surface area contributed by atoms with Crippen molar-refractivity contribution in [2.24, 2.45) is 7.05 Å². The Morgan fingerprint density at radius 1 is 1.38 bits per heavy atom. The van der Waals surface area contributed by atoms with E-state index in [2.05, 4.69) is 6.07 Å². The molecule has 0 aliphatic carbocycles. The van der Waals surface area contributed by atoms with Crippen LogP contribution in [-0.2, 0) is 7.05 Å². The van der Waals surface area contributed by atoms with Gasteiger partial charge in [0.2, 0.25) is 5.78 Å². The number of nitrogens with zero attached hydrogens (tertiary/aromatic N) is 2. The first-order valence-electron chi connectivity index (χ1n) is 6.35. The van der Waals surface area contributed by atoms with Gasteiger partial charge < -0.3 is 14.4 Å². The molecule has 0 fully saturated rings. The lowest BCUT2D eigenvalue weighted by Crippen LogP contribution is -1.98. The first-order valence-corrected chi connectivity index (χ1v) is 6.35. The topological polar surface area (TPSA) is 75.2 Å². The molecule has 1 aromatic carbocycles. The summed E-state index contributed by atoms with van der Waals surface area (Å²) in [7, 11) is 1.79. The van der Waals surface area contributed by atoms with Crippen LogP contribution in [-0.4, -0.2) is 15.5 Å². The Kier molecular flexibility index (Phi) is 2.80. The highest BCUT2D eigenvalue weighted by Crippen LogP contribution is 2.34. The Balaban J connectivity index is 2.04. The zero-order chi connectivity index (χ0) is 15.1. The molecular formula is C16H12N2O3. The second-order valence-corrected chi connectivity index (χ2v) is 4.86. The number of ether oxygens (including phenoxy) is 1. The van der Waals surface area contributed by atoms with Crippen LogP contribution >= 0.6 is 0 Å². The van der Waals surface area contributed by atoms with Crippen molar-refractivity contribution in [2.45, 2.75) is 6.92 Å². The van der Waals surface area contributed by atoms with Crippen molar-refractivity contribution in [1.29, 1.82) is 5.26 Å². The van der Waals surface area contributed by atoms with Gasteiger partial charge in [-0.25, -0.2) is 0 Å². The molecule has 21 heavy (non-hydrogen) atoms. The minimum atomic E-state index is -0.230. The number of hydrogen-bond acceptors (Lipinski definition) is 4. The number of carbonyl (C=O) groups is 1. The zero-order valence-electron chi connectivity index (χ0n) is 11.5. The third-order valence-corrected chi connectivity index (χ3v) is 3.63. The number of nitriles is 1. The molecular weight excluding hydrogens is 268 g/mol. The van der Waals surface area contributed by atoms with Gasteiger partial charge in [0.05, 0.1) is 5.56 Å². The Morgan fingerprint density at radius 2 is 2.14 bits per heavy atom. The molecule has 104 valence electrons. The van der Waals surface area contributed by atoms with Gasteiger partial charge in [-0.3, -0.25) is 4.79 Å². The summed E-state index contributed by atoms with van der Waals surface area (Å²) < 4.78 is 7.26. The van der Waals surface area contributed by atoms with Crippen molar-refractivity contribution in [3.05, 3.63) is 52.5 Å². The molecule has 0 amide bonds. The predicted molar refractivity (Wildman–Crippen MR) is 75.9 cm³/mol. The van der Waals surface area contributed by atoms with Gasteiger partial charge in [0.1, 0.15) is 23.3 Å². The van der Waals surface area contributed by atoms with E-state index in [1.165, 1.54) is 18.2 Å². The van der Waals surface area contributed by atoms with Crippen molar-refractivity contribution in [1.82, 2.24) is 4.57 Å². The maximum Gasteiger partial charge on any atom is 0.231 e. The number of carbonyl (C=O) groups excluding carboxylic acids is 1. The fraction of sp³-hybridized carbons (Fsp3) is 0.125. The van der Waals surface area contributed by atoms with Crippen LogP contribution in [0.1, 0.15) is 27.3 Å². The van der Waals surface area contributed by atoms with E-state index < -0.39 is 0 Å². The maximum absolute atomic E-state index is 12.2. The minimum Gasteiger partial charge on any atom is -0.508 e. The van der Waals surface area contributed by atoms with Crippen molar-refractivity contribution in [3.63, 3.8) is 0 Å². The lowest BCUT2D eigenvalue weighted by molar-refractivity contribution is 0.101. The minimum absolute atomic E-state index is 0.0467. The number of ketones is 1. The number of hydrogen-bond donors (Lipinski definition) is 1. The summed E-state index contributed by atoms with van der Waals surface area (Å²) in [4.78, 5) is 12.2. The van der Waals surface area contributed by atoms with Crippen LogP contribution < -0.4 is 4.74 Å². The summed E-state index contributed by atoms with van der Waals surface area (Å²) in [6, 6.07) is 8.19. The van der Waals surface area contributed by atoms with Crippen LogP contribution in [0.5, 0.6) is 11.5 Å². The average Bonchev–Trinajstić information content (AvgIpc) is 2.91. The maximum atomic E-state index is 12.2. The summed E-state index contributed by atoms with van der Waals surface area (Å²) >= 11 is 0. The molecule has 1 N–H and O–H groups in total. The largest absolute Gasteiger partial charge is 0.508 e. The van der Waals surface area contributed by atoms with E-state index in [1.807, 2.05) is 6.92 Å². The Labute approximate surface area is 121 Å². The third-order valence-electron chi connectivity index (χ3n) is 3.63. The van der Waals surface area contributed by atoms with Gasteiger partial charge in [-0.2, -0.15) is 5.26 Å². The lowest BCUT2D eigenvalue weighted by atomic mass is 10.1. The number of rotatable bonds is 1. The number of phenolic OH excluding ortho intramolecular Hbond substituents is 1. The number of benzene rings is 1. The molecule has 2 aromatic rings. The summed E-state index contributed by atoms with van der Waals surface area (Å²) in [5.41, 5.74) is 2.57. The highest BCUT2D eigenvalue weighted by atomic mass is 16.5. The standard InChI is InChI=1S/C16H12N2O3/c1-9-10(5-11(8-17)18(9)2)6-15-16(20)13-4-3-12(19)7-14(13)21-15/h3-7,19H,1-2H3. The highest BCUT2D eigenvalue weighted by molar-refractivity contribution is 6.14. The van der Waals surface area contributed by atoms with Gasteiger partial charge in [0.15, 0.2) is 5.76 Å². The van der Waals surface area contributed by atoms with Crippen LogP contribution in [0.2, 0.25) is 0 Å². The number of phenols is 1. The van der Waals surface area contributed by atoms with Gasteiger partial charge in [-0.05, 0) is 31.2 Å². The second-order valence-electron chi connectivity index (χ2n) is 4.86. The van der Waals surface area contributed by atoms with Gasteiger partial charge in [-0.15, -0.1) is 0 Å². The lowest BCUT2D eigenvalue weighted by Gasteiger charge is -2.00. The summed E-state index contributed by atoms with van der Waals surface area (Å²) in [5.74, 6) is 0.353. The zero-order valence-corrected chi connectivity index (χ0v) is 11.5. The molecule has 0 atom stereocenters. The summed E-state index contributed by atoms with van der Waals surface area (Å²) in [5, 5.41) is 18.4.